The van der Waals surface area contributed by atoms with E-state index in [9.17, 15) is 4.79 Å². The Bertz CT molecular complexity index is 756. The molecule has 134 valence electrons. The predicted octanol–water partition coefficient (Wildman–Crippen LogP) is 3.73. The van der Waals surface area contributed by atoms with Crippen LogP contribution in [0.5, 0.6) is 11.5 Å². The van der Waals surface area contributed by atoms with E-state index in [1.54, 1.807) is 25.6 Å². The Labute approximate surface area is 151 Å². The fourth-order valence-corrected chi connectivity index (χ4v) is 4.39. The molecule has 0 spiro atoms. The number of benzene rings is 1. The summed E-state index contributed by atoms with van der Waals surface area (Å²) in [6.07, 6.45) is 3.54. The second kappa shape index (κ2) is 7.87. The Morgan fingerprint density at radius 3 is 2.80 bits per heavy atom. The molecule has 2 aromatic rings. The second-order valence-corrected chi connectivity index (χ2v) is 7.15. The maximum atomic E-state index is 12.2. The van der Waals surface area contributed by atoms with E-state index in [0.29, 0.717) is 24.5 Å². The summed E-state index contributed by atoms with van der Waals surface area (Å²) in [4.78, 5) is 18.2. The lowest BCUT2D eigenvalue weighted by atomic mass is 9.91. The van der Waals surface area contributed by atoms with E-state index in [1.807, 2.05) is 25.1 Å². The molecule has 1 aromatic carbocycles. The third-order valence-electron chi connectivity index (χ3n) is 4.37. The molecule has 0 saturated heterocycles. The molecule has 1 unspecified atom stereocenters. The summed E-state index contributed by atoms with van der Waals surface area (Å²) in [6.45, 7) is 2.25. The van der Waals surface area contributed by atoms with Crippen LogP contribution < -0.4 is 9.47 Å². The molecule has 0 bridgehead atoms. The van der Waals surface area contributed by atoms with E-state index in [-0.39, 0.29) is 11.9 Å². The molecule has 0 radical (unpaired) electrons. The largest absolute Gasteiger partial charge is 0.493 e. The molecular weight excluding hydrogens is 338 g/mol. The highest BCUT2D eigenvalue weighted by atomic mass is 32.1. The van der Waals surface area contributed by atoms with Gasteiger partial charge in [0.05, 0.1) is 31.5 Å². The first-order chi connectivity index (χ1) is 12.2. The number of ether oxygens (including phenoxy) is 3. The van der Waals surface area contributed by atoms with Crippen molar-refractivity contribution in [1.82, 2.24) is 4.98 Å². The number of carbonyl (C=O) groups is 1. The number of carbonyl (C=O) groups excluding carboxylic acids is 1. The van der Waals surface area contributed by atoms with Gasteiger partial charge in [0.1, 0.15) is 5.92 Å². The van der Waals surface area contributed by atoms with Crippen molar-refractivity contribution < 1.29 is 19.0 Å². The topological polar surface area (TPSA) is 57.7 Å². The Hall–Kier alpha value is -2.08. The summed E-state index contributed by atoms with van der Waals surface area (Å²) in [7, 11) is 3.26. The molecule has 1 aliphatic rings. The first kappa shape index (κ1) is 17.7. The fourth-order valence-electron chi connectivity index (χ4n) is 3.18. The average molecular weight is 361 g/mol. The van der Waals surface area contributed by atoms with Crippen molar-refractivity contribution in [3.8, 4) is 11.5 Å². The first-order valence-electron chi connectivity index (χ1n) is 8.52. The van der Waals surface area contributed by atoms with Crippen molar-refractivity contribution >= 4 is 17.3 Å². The van der Waals surface area contributed by atoms with Gasteiger partial charge in [0, 0.05) is 11.3 Å². The summed E-state index contributed by atoms with van der Waals surface area (Å²) in [5.74, 6) is 1.07. The van der Waals surface area contributed by atoms with E-state index in [1.165, 1.54) is 4.88 Å². The molecule has 1 aromatic heterocycles. The molecule has 0 aliphatic heterocycles. The van der Waals surface area contributed by atoms with Crippen LogP contribution >= 0.6 is 11.3 Å². The fraction of sp³-hybridized carbons (Fsp3) is 0.474. The van der Waals surface area contributed by atoms with Gasteiger partial charge in [-0.05, 0) is 43.9 Å². The van der Waals surface area contributed by atoms with Crippen LogP contribution in [-0.4, -0.2) is 31.8 Å². The third-order valence-corrected chi connectivity index (χ3v) is 5.50. The molecule has 1 atom stereocenters. The van der Waals surface area contributed by atoms with E-state index in [2.05, 4.69) is 0 Å². The van der Waals surface area contributed by atoms with Crippen LogP contribution in [0.1, 0.15) is 46.8 Å². The van der Waals surface area contributed by atoms with Crippen molar-refractivity contribution in [2.24, 2.45) is 0 Å². The van der Waals surface area contributed by atoms with Gasteiger partial charge in [-0.3, -0.25) is 4.79 Å². The minimum atomic E-state index is -0.209. The molecule has 6 heteroatoms. The quantitative estimate of drug-likeness (QED) is 0.734. The van der Waals surface area contributed by atoms with Gasteiger partial charge in [-0.1, -0.05) is 6.07 Å². The molecule has 1 aliphatic carbocycles. The van der Waals surface area contributed by atoms with Crippen LogP contribution in [0.2, 0.25) is 0 Å². The lowest BCUT2D eigenvalue weighted by Crippen LogP contribution is -2.20. The van der Waals surface area contributed by atoms with Crippen LogP contribution in [-0.2, 0) is 22.4 Å². The van der Waals surface area contributed by atoms with Crippen molar-refractivity contribution in [1.29, 1.82) is 0 Å². The molecule has 5 nitrogen and oxygen atoms in total. The number of rotatable bonds is 6. The Kier molecular flexibility index (Phi) is 5.58. The standard InChI is InChI=1S/C19H23NO4S/c1-4-24-19(21)13-6-5-7-16-18(13)20-17(25-16)11-12-8-9-14(22-2)15(10-12)23-3/h8-10,13H,4-7,11H2,1-3H3. The van der Waals surface area contributed by atoms with Crippen molar-refractivity contribution in [2.45, 2.75) is 38.5 Å². The maximum Gasteiger partial charge on any atom is 0.315 e. The highest BCUT2D eigenvalue weighted by Gasteiger charge is 2.31. The van der Waals surface area contributed by atoms with Crippen LogP contribution in [0.25, 0.3) is 0 Å². The summed E-state index contributed by atoms with van der Waals surface area (Å²) < 4.78 is 15.9. The Morgan fingerprint density at radius 2 is 2.08 bits per heavy atom. The normalized spacial score (nSPS) is 16.2. The molecule has 0 amide bonds. The smallest absolute Gasteiger partial charge is 0.315 e. The van der Waals surface area contributed by atoms with Gasteiger partial charge in [-0.15, -0.1) is 11.3 Å². The predicted molar refractivity (Wildman–Crippen MR) is 96.8 cm³/mol. The summed E-state index contributed by atoms with van der Waals surface area (Å²) >= 11 is 1.70. The minimum Gasteiger partial charge on any atom is -0.493 e. The van der Waals surface area contributed by atoms with E-state index < -0.39 is 0 Å². The SMILES string of the molecule is CCOC(=O)C1CCCc2sc(Cc3ccc(OC)c(OC)c3)nc21. The summed E-state index contributed by atoms with van der Waals surface area (Å²) in [5, 5.41) is 1.02. The monoisotopic (exact) mass is 361 g/mol. The molecule has 1 heterocycles. The lowest BCUT2D eigenvalue weighted by molar-refractivity contribution is -0.145. The molecule has 0 N–H and O–H groups in total. The zero-order valence-electron chi connectivity index (χ0n) is 14.8. The van der Waals surface area contributed by atoms with Gasteiger partial charge in [-0.25, -0.2) is 4.98 Å². The van der Waals surface area contributed by atoms with E-state index in [0.717, 1.165) is 35.5 Å². The van der Waals surface area contributed by atoms with Gasteiger partial charge in [0.15, 0.2) is 11.5 Å². The zero-order valence-corrected chi connectivity index (χ0v) is 15.6. The molecule has 0 saturated carbocycles. The van der Waals surface area contributed by atoms with E-state index in [4.69, 9.17) is 19.2 Å². The number of nitrogens with zero attached hydrogens (tertiary/aromatic N) is 1. The molecule has 3 rings (SSSR count). The molecule has 25 heavy (non-hydrogen) atoms. The number of fused-ring (bicyclic) bond motifs is 1. The Morgan fingerprint density at radius 1 is 1.28 bits per heavy atom. The van der Waals surface area contributed by atoms with Gasteiger partial charge < -0.3 is 14.2 Å². The van der Waals surface area contributed by atoms with E-state index >= 15 is 0 Å². The first-order valence-corrected chi connectivity index (χ1v) is 9.34. The Balaban J connectivity index is 1.82. The van der Waals surface area contributed by atoms with Crippen LogP contribution in [0, 0.1) is 0 Å². The number of hydrogen-bond acceptors (Lipinski definition) is 6. The highest BCUT2D eigenvalue weighted by Crippen LogP contribution is 2.36. The van der Waals surface area contributed by atoms with Gasteiger partial charge >= 0.3 is 5.97 Å². The summed E-state index contributed by atoms with van der Waals surface area (Å²) in [5.41, 5.74) is 2.03. The molecular formula is C19H23NO4S. The zero-order chi connectivity index (χ0) is 17.8. The second-order valence-electron chi connectivity index (χ2n) is 5.98. The number of aryl methyl sites for hydroxylation is 1. The number of thiazole rings is 1. The van der Waals surface area contributed by atoms with Crippen molar-refractivity contribution in [3.63, 3.8) is 0 Å². The van der Waals surface area contributed by atoms with Gasteiger partial charge in [-0.2, -0.15) is 0 Å². The summed E-state index contributed by atoms with van der Waals surface area (Å²) in [6, 6.07) is 5.90. The highest BCUT2D eigenvalue weighted by molar-refractivity contribution is 7.11. The van der Waals surface area contributed by atoms with Crippen LogP contribution in [0.3, 0.4) is 0 Å². The van der Waals surface area contributed by atoms with Crippen LogP contribution in [0.15, 0.2) is 18.2 Å². The average Bonchev–Trinajstić information content (AvgIpc) is 3.04. The lowest BCUT2D eigenvalue weighted by Gasteiger charge is -2.19. The number of methoxy groups -OCH3 is 2. The molecule has 0 fully saturated rings. The van der Waals surface area contributed by atoms with Crippen molar-refractivity contribution in [2.75, 3.05) is 20.8 Å². The third kappa shape index (κ3) is 3.79. The number of aromatic nitrogens is 1. The maximum absolute atomic E-state index is 12.2. The number of hydrogen-bond donors (Lipinski definition) is 0. The minimum absolute atomic E-state index is 0.147. The van der Waals surface area contributed by atoms with Crippen molar-refractivity contribution in [3.05, 3.63) is 39.3 Å². The number of esters is 1. The van der Waals surface area contributed by atoms with Gasteiger partial charge in [0.2, 0.25) is 0 Å². The van der Waals surface area contributed by atoms with Gasteiger partial charge in [0.25, 0.3) is 0 Å². The van der Waals surface area contributed by atoms with Crippen LogP contribution in [0.4, 0.5) is 0 Å².